The van der Waals surface area contributed by atoms with Gasteiger partial charge in [-0.3, -0.25) is 0 Å². The van der Waals surface area contributed by atoms with Gasteiger partial charge in [-0.25, -0.2) is 14.5 Å². The van der Waals surface area contributed by atoms with Gasteiger partial charge in [-0.15, -0.1) is 0 Å². The first kappa shape index (κ1) is 12.3. The number of para-hydroxylation sites is 2. The van der Waals surface area contributed by atoms with Gasteiger partial charge in [-0.1, -0.05) is 54.1 Å². The van der Waals surface area contributed by atoms with Gasteiger partial charge >= 0.3 is 0 Å². The number of rotatable bonds is 2. The van der Waals surface area contributed by atoms with Gasteiger partial charge in [0.25, 0.3) is 0 Å². The predicted octanol–water partition coefficient (Wildman–Crippen LogP) is 3.52. The molecule has 0 aliphatic carbocycles. The molecule has 0 saturated carbocycles. The van der Waals surface area contributed by atoms with Crippen LogP contribution in [0, 0.1) is 0 Å². The van der Waals surface area contributed by atoms with Gasteiger partial charge < -0.3 is 0 Å². The molecule has 21 heavy (non-hydrogen) atoms. The van der Waals surface area contributed by atoms with E-state index in [1.165, 1.54) is 5.56 Å². The Bertz CT molecular complexity index is 931. The number of fused-ring (bicyclic) bond motifs is 3. The van der Waals surface area contributed by atoms with Gasteiger partial charge in [0.15, 0.2) is 16.6 Å². The minimum absolute atomic E-state index is 0.375. The smallest absolute Gasteiger partial charge is 0.193 e. The lowest BCUT2D eigenvalue weighted by Crippen LogP contribution is -1.95. The third-order valence-corrected chi connectivity index (χ3v) is 3.62. The van der Waals surface area contributed by atoms with E-state index in [1.54, 1.807) is 4.52 Å². The van der Waals surface area contributed by atoms with E-state index < -0.39 is 0 Å². The van der Waals surface area contributed by atoms with Crippen molar-refractivity contribution < 1.29 is 0 Å². The quantitative estimate of drug-likeness (QED) is 0.568. The van der Waals surface area contributed by atoms with E-state index in [-0.39, 0.29) is 0 Å². The van der Waals surface area contributed by atoms with Gasteiger partial charge in [0.05, 0.1) is 11.0 Å². The lowest BCUT2D eigenvalue weighted by atomic mass is 10.1. The summed E-state index contributed by atoms with van der Waals surface area (Å²) in [7, 11) is 0. The Kier molecular flexibility index (Phi) is 2.82. The molecule has 0 bridgehead atoms. The maximum absolute atomic E-state index is 6.22. The molecule has 2 aromatic heterocycles. The first-order valence-electron chi connectivity index (χ1n) is 6.65. The molecule has 0 unspecified atom stereocenters. The first-order valence-corrected chi connectivity index (χ1v) is 7.03. The normalized spacial score (nSPS) is 11.3. The van der Waals surface area contributed by atoms with Crippen LogP contribution in [0.4, 0.5) is 0 Å². The minimum atomic E-state index is 0.375. The van der Waals surface area contributed by atoms with Gasteiger partial charge in [-0.2, -0.15) is 5.10 Å². The van der Waals surface area contributed by atoms with Crippen LogP contribution in [-0.2, 0) is 6.42 Å². The van der Waals surface area contributed by atoms with Crippen LogP contribution in [0.25, 0.3) is 16.7 Å². The van der Waals surface area contributed by atoms with E-state index in [0.29, 0.717) is 17.2 Å². The van der Waals surface area contributed by atoms with Crippen molar-refractivity contribution in [3.8, 4) is 0 Å². The molecule has 0 atom stereocenters. The second-order valence-electron chi connectivity index (χ2n) is 4.82. The molecule has 2 aromatic carbocycles. The number of halogens is 1. The van der Waals surface area contributed by atoms with E-state index in [4.69, 9.17) is 11.6 Å². The van der Waals surface area contributed by atoms with E-state index in [0.717, 1.165) is 16.9 Å². The van der Waals surface area contributed by atoms with Crippen molar-refractivity contribution in [3.63, 3.8) is 0 Å². The SMILES string of the molecule is Clc1nc2ccccc2n2nc(Cc3ccccc3)nc12. The molecule has 0 N–H and O–H groups in total. The fourth-order valence-electron chi connectivity index (χ4n) is 2.40. The molecular formula is C16H11ClN4. The maximum atomic E-state index is 6.22. The molecule has 0 fully saturated rings. The van der Waals surface area contributed by atoms with Crippen LogP contribution >= 0.6 is 11.6 Å². The van der Waals surface area contributed by atoms with Crippen molar-refractivity contribution in [3.05, 3.63) is 71.1 Å². The summed E-state index contributed by atoms with van der Waals surface area (Å²) in [5, 5.41) is 4.95. The van der Waals surface area contributed by atoms with Crippen molar-refractivity contribution in [1.82, 2.24) is 19.6 Å². The average molecular weight is 295 g/mol. The second-order valence-corrected chi connectivity index (χ2v) is 5.18. The van der Waals surface area contributed by atoms with Crippen LogP contribution in [0.5, 0.6) is 0 Å². The molecule has 5 heteroatoms. The number of aromatic nitrogens is 4. The van der Waals surface area contributed by atoms with Gasteiger partial charge in [0, 0.05) is 6.42 Å². The summed E-state index contributed by atoms with van der Waals surface area (Å²) in [6, 6.07) is 17.9. The van der Waals surface area contributed by atoms with Crippen molar-refractivity contribution in [2.45, 2.75) is 6.42 Å². The Hall–Kier alpha value is -2.46. The Morgan fingerprint density at radius 1 is 0.905 bits per heavy atom. The summed E-state index contributed by atoms with van der Waals surface area (Å²) in [5.41, 5.74) is 3.48. The van der Waals surface area contributed by atoms with Crippen LogP contribution in [0.2, 0.25) is 5.15 Å². The molecular weight excluding hydrogens is 284 g/mol. The Labute approximate surface area is 126 Å². The number of hydrogen-bond acceptors (Lipinski definition) is 3. The second kappa shape index (κ2) is 4.82. The number of nitrogens with zero attached hydrogens (tertiary/aromatic N) is 4. The van der Waals surface area contributed by atoms with E-state index >= 15 is 0 Å². The van der Waals surface area contributed by atoms with Crippen molar-refractivity contribution >= 4 is 28.3 Å². The summed E-state index contributed by atoms with van der Waals surface area (Å²) >= 11 is 6.22. The molecule has 4 nitrogen and oxygen atoms in total. The molecule has 0 aliphatic heterocycles. The fourth-order valence-corrected chi connectivity index (χ4v) is 2.62. The van der Waals surface area contributed by atoms with Crippen LogP contribution in [0.3, 0.4) is 0 Å². The highest BCUT2D eigenvalue weighted by molar-refractivity contribution is 6.32. The van der Waals surface area contributed by atoms with Gasteiger partial charge in [-0.05, 0) is 17.7 Å². The molecule has 4 rings (SSSR count). The third-order valence-electron chi connectivity index (χ3n) is 3.37. The molecule has 0 radical (unpaired) electrons. The molecule has 0 saturated heterocycles. The zero-order chi connectivity index (χ0) is 14.2. The number of hydrogen-bond donors (Lipinski definition) is 0. The van der Waals surface area contributed by atoms with E-state index in [1.807, 2.05) is 42.5 Å². The maximum Gasteiger partial charge on any atom is 0.193 e. The monoisotopic (exact) mass is 294 g/mol. The molecule has 2 heterocycles. The largest absolute Gasteiger partial charge is 0.231 e. The molecule has 0 aliphatic rings. The molecule has 102 valence electrons. The highest BCUT2D eigenvalue weighted by atomic mass is 35.5. The van der Waals surface area contributed by atoms with Crippen LogP contribution in [0.1, 0.15) is 11.4 Å². The zero-order valence-corrected chi connectivity index (χ0v) is 11.8. The summed E-state index contributed by atoms with van der Waals surface area (Å²) in [6.45, 7) is 0. The summed E-state index contributed by atoms with van der Waals surface area (Å²) in [5.74, 6) is 0.737. The van der Waals surface area contributed by atoms with Crippen molar-refractivity contribution in [2.24, 2.45) is 0 Å². The lowest BCUT2D eigenvalue weighted by Gasteiger charge is -2.00. The Morgan fingerprint density at radius 3 is 2.52 bits per heavy atom. The van der Waals surface area contributed by atoms with E-state index in [9.17, 15) is 0 Å². The third kappa shape index (κ3) is 2.14. The minimum Gasteiger partial charge on any atom is -0.231 e. The zero-order valence-electron chi connectivity index (χ0n) is 11.1. The summed E-state index contributed by atoms with van der Waals surface area (Å²) in [4.78, 5) is 8.88. The summed E-state index contributed by atoms with van der Waals surface area (Å²) in [6.07, 6.45) is 0.674. The van der Waals surface area contributed by atoms with Gasteiger partial charge in [0.2, 0.25) is 0 Å². The Morgan fingerprint density at radius 2 is 1.67 bits per heavy atom. The first-order chi connectivity index (χ1) is 10.3. The average Bonchev–Trinajstić information content (AvgIpc) is 2.93. The highest BCUT2D eigenvalue weighted by Crippen LogP contribution is 2.20. The molecule has 0 amide bonds. The number of benzene rings is 2. The Balaban J connectivity index is 1.89. The predicted molar refractivity (Wildman–Crippen MR) is 82.5 cm³/mol. The van der Waals surface area contributed by atoms with E-state index in [2.05, 4.69) is 27.2 Å². The van der Waals surface area contributed by atoms with Crippen molar-refractivity contribution in [2.75, 3.05) is 0 Å². The fraction of sp³-hybridized carbons (Fsp3) is 0.0625. The van der Waals surface area contributed by atoms with Crippen LogP contribution in [0.15, 0.2) is 54.6 Å². The van der Waals surface area contributed by atoms with Crippen LogP contribution in [-0.4, -0.2) is 19.6 Å². The molecule has 0 spiro atoms. The lowest BCUT2D eigenvalue weighted by molar-refractivity contribution is 0.922. The topological polar surface area (TPSA) is 43.1 Å². The highest BCUT2D eigenvalue weighted by Gasteiger charge is 2.12. The standard InChI is InChI=1S/C16H11ClN4/c17-15-16-19-14(10-11-6-2-1-3-7-11)20-21(16)13-9-5-4-8-12(13)18-15/h1-9H,10H2. The van der Waals surface area contributed by atoms with Crippen molar-refractivity contribution in [1.29, 1.82) is 0 Å². The summed E-state index contributed by atoms with van der Waals surface area (Å²) < 4.78 is 1.77. The molecule has 4 aromatic rings. The van der Waals surface area contributed by atoms with Gasteiger partial charge in [0.1, 0.15) is 0 Å². The van der Waals surface area contributed by atoms with Crippen LogP contribution < -0.4 is 0 Å².